The topological polar surface area (TPSA) is 92.4 Å². The van der Waals surface area contributed by atoms with E-state index in [1.807, 2.05) is 6.92 Å². The molecule has 0 unspecified atom stereocenters. The second kappa shape index (κ2) is 7.11. The molecule has 0 aliphatic carbocycles. The molecule has 0 fully saturated rings. The molecule has 2 atom stereocenters. The highest BCUT2D eigenvalue weighted by molar-refractivity contribution is 6.31. The molecule has 0 aliphatic rings. The van der Waals surface area contributed by atoms with Crippen LogP contribution in [0.15, 0.2) is 24.3 Å². The molecule has 1 aromatic rings. The van der Waals surface area contributed by atoms with Gasteiger partial charge in [0.25, 0.3) is 0 Å². The molecule has 0 spiro atoms. The lowest BCUT2D eigenvalue weighted by atomic mass is 10.1. The molecular formula is C13H17ClN2O3. The summed E-state index contributed by atoms with van der Waals surface area (Å²) in [6.45, 7) is 1.90. The maximum Gasteiger partial charge on any atom is 0.330 e. The van der Waals surface area contributed by atoms with Crippen LogP contribution in [0.25, 0.3) is 0 Å². The summed E-state index contributed by atoms with van der Waals surface area (Å²) in [5, 5.41) is 11.9. The number of aliphatic carboxylic acids is 1. The Labute approximate surface area is 116 Å². The maximum atomic E-state index is 11.8. The van der Waals surface area contributed by atoms with Crippen LogP contribution >= 0.6 is 11.6 Å². The van der Waals surface area contributed by atoms with E-state index in [0.29, 0.717) is 17.0 Å². The average Bonchev–Trinajstić information content (AvgIpc) is 2.36. The Balaban J connectivity index is 2.89. The van der Waals surface area contributed by atoms with E-state index in [4.69, 9.17) is 17.3 Å². The molecule has 5 nitrogen and oxygen atoms in total. The first-order chi connectivity index (χ1) is 8.97. The first kappa shape index (κ1) is 15.5. The summed E-state index contributed by atoms with van der Waals surface area (Å²) >= 11 is 5.94. The van der Waals surface area contributed by atoms with Crippen LogP contribution < -0.4 is 11.1 Å². The molecule has 0 radical (unpaired) electrons. The van der Waals surface area contributed by atoms with Gasteiger partial charge in [0.05, 0.1) is 6.04 Å². The van der Waals surface area contributed by atoms with E-state index in [-0.39, 0.29) is 0 Å². The second-order valence-corrected chi connectivity index (χ2v) is 4.60. The SMILES string of the molecule is CCC[C@H](N)C(=O)N[C@@H](C(=O)O)c1ccccc1Cl. The van der Waals surface area contributed by atoms with Crippen molar-refractivity contribution in [1.29, 1.82) is 0 Å². The maximum absolute atomic E-state index is 11.8. The van der Waals surface area contributed by atoms with Gasteiger partial charge in [-0.3, -0.25) is 4.79 Å². The first-order valence-electron chi connectivity index (χ1n) is 6.00. The van der Waals surface area contributed by atoms with Crippen LogP contribution in [0.5, 0.6) is 0 Å². The highest BCUT2D eigenvalue weighted by Crippen LogP contribution is 2.23. The predicted molar refractivity (Wildman–Crippen MR) is 72.9 cm³/mol. The molecule has 6 heteroatoms. The molecule has 0 heterocycles. The lowest BCUT2D eigenvalue weighted by Gasteiger charge is -2.18. The zero-order valence-corrected chi connectivity index (χ0v) is 11.4. The van der Waals surface area contributed by atoms with Crippen molar-refractivity contribution in [1.82, 2.24) is 5.32 Å². The van der Waals surface area contributed by atoms with Gasteiger partial charge < -0.3 is 16.2 Å². The molecular weight excluding hydrogens is 268 g/mol. The van der Waals surface area contributed by atoms with Crippen LogP contribution in [-0.4, -0.2) is 23.0 Å². The fraction of sp³-hybridized carbons (Fsp3) is 0.385. The number of halogens is 1. The van der Waals surface area contributed by atoms with Crippen molar-refractivity contribution in [2.24, 2.45) is 5.73 Å². The lowest BCUT2D eigenvalue weighted by molar-refractivity contribution is -0.142. The van der Waals surface area contributed by atoms with Crippen LogP contribution in [-0.2, 0) is 9.59 Å². The Kier molecular flexibility index (Phi) is 5.79. The number of hydrogen-bond acceptors (Lipinski definition) is 3. The van der Waals surface area contributed by atoms with E-state index in [1.165, 1.54) is 0 Å². The Bertz CT molecular complexity index is 465. The third-order valence-electron chi connectivity index (χ3n) is 2.69. The second-order valence-electron chi connectivity index (χ2n) is 4.20. The number of carboxylic acid groups (broad SMARTS) is 1. The van der Waals surface area contributed by atoms with E-state index < -0.39 is 24.0 Å². The van der Waals surface area contributed by atoms with Crippen molar-refractivity contribution in [3.63, 3.8) is 0 Å². The predicted octanol–water partition coefficient (Wildman–Crippen LogP) is 1.71. The van der Waals surface area contributed by atoms with Crippen molar-refractivity contribution in [2.75, 3.05) is 0 Å². The van der Waals surface area contributed by atoms with Crippen molar-refractivity contribution in [2.45, 2.75) is 31.8 Å². The molecule has 0 aliphatic heterocycles. The quantitative estimate of drug-likeness (QED) is 0.741. The van der Waals surface area contributed by atoms with Gasteiger partial charge in [-0.15, -0.1) is 0 Å². The number of amides is 1. The van der Waals surface area contributed by atoms with Crippen molar-refractivity contribution in [3.8, 4) is 0 Å². The van der Waals surface area contributed by atoms with Crippen molar-refractivity contribution in [3.05, 3.63) is 34.9 Å². The molecule has 1 aromatic carbocycles. The summed E-state index contributed by atoms with van der Waals surface area (Å²) in [6, 6.07) is 4.58. The Hall–Kier alpha value is -1.59. The zero-order chi connectivity index (χ0) is 14.4. The third kappa shape index (κ3) is 4.22. The van der Waals surface area contributed by atoms with Gasteiger partial charge in [0, 0.05) is 10.6 Å². The van der Waals surface area contributed by atoms with E-state index in [1.54, 1.807) is 24.3 Å². The minimum absolute atomic E-state index is 0.291. The lowest BCUT2D eigenvalue weighted by Crippen LogP contribution is -2.44. The number of carbonyl (C=O) groups is 2. The fourth-order valence-corrected chi connectivity index (χ4v) is 1.92. The van der Waals surface area contributed by atoms with Gasteiger partial charge in [0.2, 0.25) is 5.91 Å². The normalized spacial score (nSPS) is 13.6. The highest BCUT2D eigenvalue weighted by atomic mass is 35.5. The summed E-state index contributed by atoms with van der Waals surface area (Å²) in [5.74, 6) is -1.67. The minimum atomic E-state index is -1.19. The average molecular weight is 285 g/mol. The standard InChI is InChI=1S/C13H17ClN2O3/c1-2-5-10(15)12(17)16-11(13(18)19)8-6-3-4-7-9(8)14/h3-4,6-7,10-11H,2,5,15H2,1H3,(H,16,17)(H,18,19)/t10-,11+/m0/s1. The molecule has 4 N–H and O–H groups in total. The van der Waals surface area contributed by atoms with E-state index >= 15 is 0 Å². The number of rotatable bonds is 6. The van der Waals surface area contributed by atoms with Gasteiger partial charge in [-0.2, -0.15) is 0 Å². The van der Waals surface area contributed by atoms with E-state index in [2.05, 4.69) is 5.32 Å². The Morgan fingerprint density at radius 3 is 2.58 bits per heavy atom. The van der Waals surface area contributed by atoms with Gasteiger partial charge in [-0.05, 0) is 12.5 Å². The van der Waals surface area contributed by atoms with Crippen LogP contribution in [0.2, 0.25) is 5.02 Å². The Morgan fingerprint density at radius 1 is 1.42 bits per heavy atom. The third-order valence-corrected chi connectivity index (χ3v) is 3.03. The number of nitrogens with one attached hydrogen (secondary N) is 1. The smallest absolute Gasteiger partial charge is 0.330 e. The highest BCUT2D eigenvalue weighted by Gasteiger charge is 2.26. The van der Waals surface area contributed by atoms with Gasteiger partial charge in [0.15, 0.2) is 6.04 Å². The van der Waals surface area contributed by atoms with Gasteiger partial charge in [0.1, 0.15) is 0 Å². The number of nitrogens with two attached hydrogens (primary N) is 1. The molecule has 0 bridgehead atoms. The summed E-state index contributed by atoms with van der Waals surface area (Å²) < 4.78 is 0. The Morgan fingerprint density at radius 2 is 2.05 bits per heavy atom. The van der Waals surface area contributed by atoms with Gasteiger partial charge in [-0.1, -0.05) is 43.1 Å². The number of hydrogen-bond donors (Lipinski definition) is 3. The summed E-state index contributed by atoms with van der Waals surface area (Å²) in [4.78, 5) is 23.0. The van der Waals surface area contributed by atoms with E-state index in [0.717, 1.165) is 6.42 Å². The zero-order valence-electron chi connectivity index (χ0n) is 10.6. The van der Waals surface area contributed by atoms with Crippen LogP contribution in [0.1, 0.15) is 31.4 Å². The van der Waals surface area contributed by atoms with Crippen LogP contribution in [0, 0.1) is 0 Å². The summed E-state index contributed by atoms with van der Waals surface area (Å²) in [5.41, 5.74) is 6.00. The summed E-state index contributed by atoms with van der Waals surface area (Å²) in [6.07, 6.45) is 1.25. The number of benzene rings is 1. The minimum Gasteiger partial charge on any atom is -0.479 e. The van der Waals surface area contributed by atoms with Gasteiger partial charge in [-0.25, -0.2) is 4.79 Å². The monoisotopic (exact) mass is 284 g/mol. The van der Waals surface area contributed by atoms with Crippen LogP contribution in [0.4, 0.5) is 0 Å². The number of carboxylic acids is 1. The number of carbonyl (C=O) groups excluding carboxylic acids is 1. The molecule has 0 aromatic heterocycles. The molecule has 1 amide bonds. The molecule has 19 heavy (non-hydrogen) atoms. The molecule has 0 saturated heterocycles. The molecule has 1 rings (SSSR count). The molecule has 104 valence electrons. The molecule has 0 saturated carbocycles. The van der Waals surface area contributed by atoms with E-state index in [9.17, 15) is 14.7 Å². The fourth-order valence-electron chi connectivity index (χ4n) is 1.67. The largest absolute Gasteiger partial charge is 0.479 e. The van der Waals surface area contributed by atoms with Crippen molar-refractivity contribution >= 4 is 23.5 Å². The van der Waals surface area contributed by atoms with Crippen molar-refractivity contribution < 1.29 is 14.7 Å². The first-order valence-corrected chi connectivity index (χ1v) is 6.38. The van der Waals surface area contributed by atoms with Gasteiger partial charge >= 0.3 is 5.97 Å². The summed E-state index contributed by atoms with van der Waals surface area (Å²) in [7, 11) is 0. The van der Waals surface area contributed by atoms with Crippen LogP contribution in [0.3, 0.4) is 0 Å².